The third kappa shape index (κ3) is 19.0. The summed E-state index contributed by atoms with van der Waals surface area (Å²) in [5.74, 6) is -1.08. The highest BCUT2D eigenvalue weighted by Gasteiger charge is 1.99. The van der Waals surface area contributed by atoms with Crippen LogP contribution in [0.3, 0.4) is 0 Å². The van der Waals surface area contributed by atoms with Crippen molar-refractivity contribution in [2.45, 2.75) is 110 Å². The Hall–Kier alpha value is -1.32. The molecule has 1 heterocycles. The molecule has 0 unspecified atom stereocenters. The van der Waals surface area contributed by atoms with E-state index in [0.717, 1.165) is 6.92 Å². The minimum absolute atomic E-state index is 0.972. The highest BCUT2D eigenvalue weighted by atomic mass is 16.4. The van der Waals surface area contributed by atoms with Gasteiger partial charge in [-0.3, -0.25) is 0 Å². The minimum Gasteiger partial charge on any atom is -0.550 e. The van der Waals surface area contributed by atoms with Gasteiger partial charge in [0.05, 0.1) is 13.6 Å². The minimum atomic E-state index is -1.08. The van der Waals surface area contributed by atoms with Crippen molar-refractivity contribution in [2.24, 2.45) is 7.05 Å². The van der Waals surface area contributed by atoms with Gasteiger partial charge in [0.1, 0.15) is 12.4 Å². The molecule has 26 heavy (non-hydrogen) atoms. The molecule has 0 saturated carbocycles. The molecule has 1 aromatic heterocycles. The maximum absolute atomic E-state index is 8.89. The van der Waals surface area contributed by atoms with Crippen molar-refractivity contribution in [3.8, 4) is 0 Å². The van der Waals surface area contributed by atoms with E-state index in [9.17, 15) is 0 Å². The first-order valence-corrected chi connectivity index (χ1v) is 10.7. The highest BCUT2D eigenvalue weighted by Crippen LogP contribution is 2.13. The van der Waals surface area contributed by atoms with E-state index in [-0.39, 0.29) is 0 Å². The van der Waals surface area contributed by atoms with Crippen LogP contribution >= 0.6 is 0 Å². The average molecular weight is 367 g/mol. The van der Waals surface area contributed by atoms with Gasteiger partial charge in [-0.25, -0.2) is 9.13 Å². The first kappa shape index (κ1) is 24.7. The molecule has 0 radical (unpaired) electrons. The quantitative estimate of drug-likeness (QED) is 0.338. The van der Waals surface area contributed by atoms with E-state index in [0.29, 0.717) is 0 Å². The van der Waals surface area contributed by atoms with Crippen molar-refractivity contribution < 1.29 is 14.5 Å². The Labute approximate surface area is 161 Å². The number of nitrogens with zero attached hydrogens (tertiary/aromatic N) is 2. The van der Waals surface area contributed by atoms with Gasteiger partial charge in [-0.15, -0.1) is 0 Å². The third-order valence-electron chi connectivity index (χ3n) is 4.59. The Kier molecular flexibility index (Phi) is 17.5. The molecule has 0 fully saturated rings. The van der Waals surface area contributed by atoms with Crippen LogP contribution in [0.15, 0.2) is 18.7 Å². The lowest BCUT2D eigenvalue weighted by Gasteiger charge is -2.03. The first-order valence-electron chi connectivity index (χ1n) is 10.7. The van der Waals surface area contributed by atoms with E-state index in [1.165, 1.54) is 96.4 Å². The van der Waals surface area contributed by atoms with E-state index in [2.05, 4.69) is 41.8 Å². The van der Waals surface area contributed by atoms with Crippen LogP contribution in [0.25, 0.3) is 0 Å². The van der Waals surface area contributed by atoms with Crippen molar-refractivity contribution >= 4 is 5.97 Å². The van der Waals surface area contributed by atoms with E-state index in [1.807, 2.05) is 0 Å². The fraction of sp³-hybridized carbons (Fsp3) is 0.818. The van der Waals surface area contributed by atoms with Gasteiger partial charge in [0.25, 0.3) is 0 Å². The number of carbonyl (C=O) groups is 1. The van der Waals surface area contributed by atoms with Crippen molar-refractivity contribution in [1.82, 2.24) is 4.57 Å². The molecule has 4 nitrogen and oxygen atoms in total. The van der Waals surface area contributed by atoms with Gasteiger partial charge in [-0.1, -0.05) is 84.0 Å². The van der Waals surface area contributed by atoms with E-state index >= 15 is 0 Å². The van der Waals surface area contributed by atoms with E-state index in [1.54, 1.807) is 0 Å². The lowest BCUT2D eigenvalue weighted by Crippen LogP contribution is -2.23. The molecule has 0 saturated heterocycles. The number of carboxylic acid groups (broad SMARTS) is 1. The number of hydrogen-bond acceptors (Lipinski definition) is 2. The number of aliphatic carboxylic acids is 1. The Morgan fingerprint density at radius 1 is 0.846 bits per heavy atom. The van der Waals surface area contributed by atoms with Crippen LogP contribution in [-0.2, 0) is 18.4 Å². The fourth-order valence-corrected chi connectivity index (χ4v) is 3.12. The SMILES string of the molecule is CC(=O)[O-].CCCCCCCCCCCCCCCCn1cc[n+](C)c1. The van der Waals surface area contributed by atoms with Crippen LogP contribution in [0, 0.1) is 0 Å². The van der Waals surface area contributed by atoms with Gasteiger partial charge in [-0.2, -0.15) is 0 Å². The standard InChI is InChI=1S/C20H39N2.C2H4O2/c1-3-4-5-6-7-8-9-10-11-12-13-14-15-16-17-22-19-18-21(2)20-22;1-2(3)4/h18-20H,3-17H2,1-2H3;1H3,(H,3,4)/q+1;/p-1. The second-order valence-corrected chi connectivity index (χ2v) is 7.40. The zero-order chi connectivity index (χ0) is 19.5. The molecular weight excluding hydrogens is 324 g/mol. The van der Waals surface area contributed by atoms with Gasteiger partial charge in [0, 0.05) is 5.97 Å². The summed E-state index contributed by atoms with van der Waals surface area (Å²) in [5, 5.41) is 8.89. The summed E-state index contributed by atoms with van der Waals surface area (Å²) in [6, 6.07) is 0. The van der Waals surface area contributed by atoms with Gasteiger partial charge in [0.2, 0.25) is 6.33 Å². The Balaban J connectivity index is 0.00000141. The van der Waals surface area contributed by atoms with Crippen LogP contribution in [0.2, 0.25) is 0 Å². The molecule has 0 N–H and O–H groups in total. The molecule has 0 amide bonds. The molecule has 0 bridgehead atoms. The van der Waals surface area contributed by atoms with E-state index < -0.39 is 5.97 Å². The number of rotatable bonds is 15. The molecule has 0 aromatic carbocycles. The molecular formula is C22H42N2O2. The van der Waals surface area contributed by atoms with Gasteiger partial charge in [-0.05, 0) is 19.8 Å². The fourth-order valence-electron chi connectivity index (χ4n) is 3.12. The molecule has 0 aliphatic rings. The average Bonchev–Trinajstić information content (AvgIpc) is 3.00. The van der Waals surface area contributed by atoms with Crippen LogP contribution in [0.4, 0.5) is 0 Å². The van der Waals surface area contributed by atoms with Crippen molar-refractivity contribution in [3.63, 3.8) is 0 Å². The predicted octanol–water partition coefficient (Wildman–Crippen LogP) is 4.55. The number of unbranched alkanes of at least 4 members (excludes halogenated alkanes) is 13. The molecule has 0 spiro atoms. The summed E-state index contributed by atoms with van der Waals surface area (Å²) in [7, 11) is 2.09. The summed E-state index contributed by atoms with van der Waals surface area (Å²) in [4.78, 5) is 8.89. The molecule has 1 aromatic rings. The van der Waals surface area contributed by atoms with Crippen molar-refractivity contribution in [3.05, 3.63) is 18.7 Å². The van der Waals surface area contributed by atoms with Gasteiger partial charge in [0.15, 0.2) is 0 Å². The maximum Gasteiger partial charge on any atom is 0.243 e. The number of carboxylic acids is 1. The summed E-state index contributed by atoms with van der Waals surface area (Å²) in [5.41, 5.74) is 0. The highest BCUT2D eigenvalue weighted by molar-refractivity contribution is 5.60. The molecule has 0 atom stereocenters. The lowest BCUT2D eigenvalue weighted by molar-refractivity contribution is -0.671. The van der Waals surface area contributed by atoms with Crippen molar-refractivity contribution in [2.75, 3.05) is 0 Å². The number of carbonyl (C=O) groups excluding carboxylic acids is 1. The Morgan fingerprint density at radius 2 is 1.23 bits per heavy atom. The van der Waals surface area contributed by atoms with Gasteiger partial charge >= 0.3 is 0 Å². The number of aromatic nitrogens is 2. The molecule has 152 valence electrons. The van der Waals surface area contributed by atoms with Crippen LogP contribution < -0.4 is 9.67 Å². The molecule has 0 aliphatic heterocycles. The molecule has 4 heteroatoms. The number of hydrogen-bond donors (Lipinski definition) is 0. The topological polar surface area (TPSA) is 48.9 Å². The van der Waals surface area contributed by atoms with Crippen molar-refractivity contribution in [1.29, 1.82) is 0 Å². The third-order valence-corrected chi connectivity index (χ3v) is 4.59. The first-order chi connectivity index (χ1) is 12.6. The van der Waals surface area contributed by atoms with Crippen LogP contribution in [0.5, 0.6) is 0 Å². The molecule has 0 aliphatic carbocycles. The number of imidazole rings is 1. The Morgan fingerprint density at radius 3 is 1.58 bits per heavy atom. The predicted molar refractivity (Wildman–Crippen MR) is 107 cm³/mol. The lowest BCUT2D eigenvalue weighted by atomic mass is 10.0. The summed E-state index contributed by atoms with van der Waals surface area (Å²) >= 11 is 0. The zero-order valence-corrected chi connectivity index (χ0v) is 17.5. The second-order valence-electron chi connectivity index (χ2n) is 7.40. The zero-order valence-electron chi connectivity index (χ0n) is 17.5. The Bertz CT molecular complexity index is 426. The summed E-state index contributed by atoms with van der Waals surface area (Å²) in [6.07, 6.45) is 26.5. The molecule has 1 rings (SSSR count). The van der Waals surface area contributed by atoms with Crippen LogP contribution in [-0.4, -0.2) is 10.5 Å². The van der Waals surface area contributed by atoms with Crippen LogP contribution in [0.1, 0.15) is 104 Å². The smallest absolute Gasteiger partial charge is 0.243 e. The van der Waals surface area contributed by atoms with E-state index in [4.69, 9.17) is 9.90 Å². The number of aryl methyl sites for hydroxylation is 2. The summed E-state index contributed by atoms with van der Waals surface area (Å²) in [6.45, 7) is 4.44. The second kappa shape index (κ2) is 18.5. The largest absolute Gasteiger partial charge is 0.550 e. The summed E-state index contributed by atoms with van der Waals surface area (Å²) < 4.78 is 4.41. The monoisotopic (exact) mass is 366 g/mol. The van der Waals surface area contributed by atoms with Gasteiger partial charge < -0.3 is 9.90 Å². The normalized spacial score (nSPS) is 10.4. The maximum atomic E-state index is 8.89.